The van der Waals surface area contributed by atoms with Crippen molar-refractivity contribution in [1.82, 2.24) is 0 Å². The van der Waals surface area contributed by atoms with Crippen molar-refractivity contribution in [3.63, 3.8) is 0 Å². The SMILES string of the molecule is COC(=O)/C=C/C=C(/Cl)C(=O)OC. The van der Waals surface area contributed by atoms with Crippen LogP contribution in [-0.4, -0.2) is 26.2 Å². The van der Waals surface area contributed by atoms with Gasteiger partial charge in [-0.2, -0.15) is 0 Å². The fourth-order valence-corrected chi connectivity index (χ4v) is 0.595. The van der Waals surface area contributed by atoms with Gasteiger partial charge in [0.1, 0.15) is 5.03 Å². The standard InChI is InChI=1S/C8H9ClO4/c1-12-7(10)5-3-4-6(9)8(11)13-2/h3-5H,1-2H3/b5-3+,6-4+. The first-order chi connectivity index (χ1) is 6.11. The molecule has 0 aromatic heterocycles. The van der Waals surface area contributed by atoms with Crippen LogP contribution in [0.3, 0.4) is 0 Å². The van der Waals surface area contributed by atoms with E-state index in [1.807, 2.05) is 0 Å². The Morgan fingerprint density at radius 1 is 1.23 bits per heavy atom. The molecule has 0 aromatic carbocycles. The van der Waals surface area contributed by atoms with E-state index in [2.05, 4.69) is 9.47 Å². The maximum atomic E-state index is 10.7. The summed E-state index contributed by atoms with van der Waals surface area (Å²) in [5, 5.41) is -0.109. The van der Waals surface area contributed by atoms with Crippen molar-refractivity contribution in [3.8, 4) is 0 Å². The zero-order valence-corrected chi connectivity index (χ0v) is 8.00. The summed E-state index contributed by atoms with van der Waals surface area (Å²) >= 11 is 5.44. The molecule has 0 fully saturated rings. The monoisotopic (exact) mass is 204 g/mol. The molecule has 13 heavy (non-hydrogen) atoms. The summed E-state index contributed by atoms with van der Waals surface area (Å²) in [6.45, 7) is 0. The number of carbonyl (C=O) groups is 2. The van der Waals surface area contributed by atoms with E-state index in [0.717, 1.165) is 6.08 Å². The lowest BCUT2D eigenvalue weighted by atomic mass is 10.4. The van der Waals surface area contributed by atoms with Crippen molar-refractivity contribution in [2.24, 2.45) is 0 Å². The number of esters is 2. The average molecular weight is 205 g/mol. The fourth-order valence-electron chi connectivity index (χ4n) is 0.445. The van der Waals surface area contributed by atoms with E-state index < -0.39 is 11.9 Å². The predicted molar refractivity (Wildman–Crippen MR) is 47.1 cm³/mol. The van der Waals surface area contributed by atoms with Crippen molar-refractivity contribution < 1.29 is 19.1 Å². The molecule has 4 nitrogen and oxygen atoms in total. The average Bonchev–Trinajstić information content (AvgIpc) is 2.15. The molecule has 0 saturated carbocycles. The van der Waals surface area contributed by atoms with Crippen molar-refractivity contribution >= 4 is 23.5 Å². The van der Waals surface area contributed by atoms with E-state index in [-0.39, 0.29) is 5.03 Å². The zero-order chi connectivity index (χ0) is 10.3. The van der Waals surface area contributed by atoms with Crippen LogP contribution in [0.4, 0.5) is 0 Å². The smallest absolute Gasteiger partial charge is 0.349 e. The summed E-state index contributed by atoms with van der Waals surface area (Å²) in [7, 11) is 2.46. The van der Waals surface area contributed by atoms with Crippen molar-refractivity contribution in [3.05, 3.63) is 23.3 Å². The molecule has 0 heterocycles. The van der Waals surface area contributed by atoms with E-state index in [1.165, 1.54) is 26.4 Å². The van der Waals surface area contributed by atoms with Crippen LogP contribution in [-0.2, 0) is 19.1 Å². The van der Waals surface area contributed by atoms with Gasteiger partial charge in [-0.25, -0.2) is 9.59 Å². The molecule has 0 rings (SSSR count). The van der Waals surface area contributed by atoms with Crippen LogP contribution in [0.5, 0.6) is 0 Å². The van der Waals surface area contributed by atoms with Crippen LogP contribution >= 0.6 is 11.6 Å². The Labute approximate surface area is 80.8 Å². The van der Waals surface area contributed by atoms with Gasteiger partial charge in [-0.3, -0.25) is 0 Å². The van der Waals surface area contributed by atoms with Crippen molar-refractivity contribution in [2.75, 3.05) is 14.2 Å². The Bertz CT molecular complexity index is 255. The third kappa shape index (κ3) is 5.03. The van der Waals surface area contributed by atoms with Gasteiger partial charge in [0.05, 0.1) is 14.2 Å². The summed E-state index contributed by atoms with van der Waals surface area (Å²) in [6, 6.07) is 0. The van der Waals surface area contributed by atoms with Gasteiger partial charge in [-0.05, 0) is 6.08 Å². The van der Waals surface area contributed by atoms with Gasteiger partial charge in [0.15, 0.2) is 0 Å². The normalized spacial score (nSPS) is 11.5. The number of carbonyl (C=O) groups excluding carboxylic acids is 2. The number of methoxy groups -OCH3 is 2. The topological polar surface area (TPSA) is 52.6 Å². The van der Waals surface area contributed by atoms with Crippen molar-refractivity contribution in [2.45, 2.75) is 0 Å². The maximum Gasteiger partial charge on any atom is 0.349 e. The third-order valence-electron chi connectivity index (χ3n) is 1.06. The Morgan fingerprint density at radius 3 is 2.31 bits per heavy atom. The highest BCUT2D eigenvalue weighted by Crippen LogP contribution is 2.03. The van der Waals surface area contributed by atoms with Gasteiger partial charge >= 0.3 is 11.9 Å². The number of allylic oxidation sites excluding steroid dienone is 2. The second-order valence-electron chi connectivity index (χ2n) is 1.89. The summed E-state index contributed by atoms with van der Waals surface area (Å²) in [5.41, 5.74) is 0. The molecule has 72 valence electrons. The molecule has 0 spiro atoms. The second-order valence-corrected chi connectivity index (χ2v) is 2.30. The highest BCUT2D eigenvalue weighted by molar-refractivity contribution is 6.41. The lowest BCUT2D eigenvalue weighted by molar-refractivity contribution is -0.136. The number of halogens is 1. The first-order valence-electron chi connectivity index (χ1n) is 3.32. The molecule has 0 aliphatic heterocycles. The molecule has 0 aliphatic carbocycles. The number of rotatable bonds is 3. The Balaban J connectivity index is 4.18. The van der Waals surface area contributed by atoms with Crippen LogP contribution in [0.1, 0.15) is 0 Å². The van der Waals surface area contributed by atoms with Crippen LogP contribution in [0.25, 0.3) is 0 Å². The minimum atomic E-state index is -0.656. The molecule has 0 N–H and O–H groups in total. The van der Waals surface area contributed by atoms with E-state index in [4.69, 9.17) is 11.6 Å². The summed E-state index contributed by atoms with van der Waals surface area (Å²) in [6.07, 6.45) is 3.67. The molecule has 0 bridgehead atoms. The number of ether oxygens (including phenoxy) is 2. The number of hydrogen-bond donors (Lipinski definition) is 0. The molecule has 0 aliphatic rings. The van der Waals surface area contributed by atoms with Gasteiger partial charge in [0.25, 0.3) is 0 Å². The summed E-state index contributed by atoms with van der Waals surface area (Å²) in [4.78, 5) is 21.2. The highest BCUT2D eigenvalue weighted by atomic mass is 35.5. The lowest BCUT2D eigenvalue weighted by Gasteiger charge is -1.93. The Morgan fingerprint density at radius 2 is 1.85 bits per heavy atom. The molecule has 0 saturated heterocycles. The fraction of sp³-hybridized carbons (Fsp3) is 0.250. The Hall–Kier alpha value is -1.29. The predicted octanol–water partition coefficient (Wildman–Crippen LogP) is 1.01. The van der Waals surface area contributed by atoms with E-state index in [1.54, 1.807) is 0 Å². The maximum absolute atomic E-state index is 10.7. The van der Waals surface area contributed by atoms with Crippen LogP contribution in [0.2, 0.25) is 0 Å². The summed E-state index contributed by atoms with van der Waals surface area (Å²) < 4.78 is 8.61. The minimum absolute atomic E-state index is 0.109. The second kappa shape index (κ2) is 6.25. The van der Waals surface area contributed by atoms with Gasteiger partial charge in [0.2, 0.25) is 0 Å². The summed E-state index contributed by atoms with van der Waals surface area (Å²) in [5.74, 6) is -1.18. The van der Waals surface area contributed by atoms with Crippen molar-refractivity contribution in [1.29, 1.82) is 0 Å². The highest BCUT2D eigenvalue weighted by Gasteiger charge is 2.02. The van der Waals surface area contributed by atoms with E-state index in [0.29, 0.717) is 0 Å². The van der Waals surface area contributed by atoms with E-state index in [9.17, 15) is 9.59 Å². The molecule has 0 amide bonds. The van der Waals surface area contributed by atoms with Gasteiger partial charge in [-0.15, -0.1) is 0 Å². The minimum Gasteiger partial charge on any atom is -0.466 e. The van der Waals surface area contributed by atoms with E-state index >= 15 is 0 Å². The van der Waals surface area contributed by atoms with Gasteiger partial charge in [0, 0.05) is 6.08 Å². The molecule has 0 aromatic rings. The molecule has 0 atom stereocenters. The first kappa shape index (κ1) is 11.7. The molecular formula is C8H9ClO4. The first-order valence-corrected chi connectivity index (χ1v) is 3.69. The molecular weight excluding hydrogens is 196 g/mol. The van der Waals surface area contributed by atoms with Crippen LogP contribution in [0.15, 0.2) is 23.3 Å². The van der Waals surface area contributed by atoms with Crippen LogP contribution in [0, 0.1) is 0 Å². The molecule has 5 heteroatoms. The zero-order valence-electron chi connectivity index (χ0n) is 7.24. The third-order valence-corrected chi connectivity index (χ3v) is 1.34. The van der Waals surface area contributed by atoms with Crippen LogP contribution < -0.4 is 0 Å². The lowest BCUT2D eigenvalue weighted by Crippen LogP contribution is -1.99. The quantitative estimate of drug-likeness (QED) is 0.391. The number of hydrogen-bond acceptors (Lipinski definition) is 4. The largest absolute Gasteiger partial charge is 0.466 e. The molecule has 0 radical (unpaired) electrons. The van der Waals surface area contributed by atoms with Gasteiger partial charge in [-0.1, -0.05) is 17.7 Å². The molecule has 0 unspecified atom stereocenters. The Kier molecular flexibility index (Phi) is 5.63. The van der Waals surface area contributed by atoms with Gasteiger partial charge < -0.3 is 9.47 Å².